The maximum atomic E-state index is 13.5. The molecule has 0 fully saturated rings. The molecule has 1 atom stereocenters. The number of fused-ring (bicyclic) bond motifs is 1. The van der Waals surface area contributed by atoms with E-state index in [1.54, 1.807) is 16.7 Å². The van der Waals surface area contributed by atoms with Crippen molar-refractivity contribution in [3.05, 3.63) is 74.0 Å². The average molecular weight is 427 g/mol. The Balaban J connectivity index is 2.06. The first kappa shape index (κ1) is 21.9. The van der Waals surface area contributed by atoms with Crippen molar-refractivity contribution in [1.29, 1.82) is 5.26 Å². The molecule has 30 heavy (non-hydrogen) atoms. The highest BCUT2D eigenvalue weighted by Gasteiger charge is 2.34. The quantitative estimate of drug-likeness (QED) is 0.728. The number of pyridine rings is 1. The molecular formula is C23H27ClN4O2. The van der Waals surface area contributed by atoms with Gasteiger partial charge in [-0.25, -0.2) is 0 Å². The first-order chi connectivity index (χ1) is 14.4. The van der Waals surface area contributed by atoms with Crippen molar-refractivity contribution >= 4 is 11.6 Å². The first-order valence-corrected chi connectivity index (χ1v) is 10.6. The molecule has 7 heteroatoms. The number of ether oxygens (including phenoxy) is 1. The molecule has 0 spiro atoms. The molecule has 2 N–H and O–H groups in total. The van der Waals surface area contributed by atoms with E-state index < -0.39 is 5.92 Å². The summed E-state index contributed by atoms with van der Waals surface area (Å²) in [5, 5.41) is 10.3. The summed E-state index contributed by atoms with van der Waals surface area (Å²) in [6.45, 7) is 9.64. The number of nitrogens with zero attached hydrogens (tertiary/aromatic N) is 3. The highest BCUT2D eigenvalue weighted by atomic mass is 35.5. The minimum atomic E-state index is -0.585. The predicted octanol–water partition coefficient (Wildman–Crippen LogP) is 3.76. The number of nitrogens with two attached hydrogens (primary N) is 1. The Morgan fingerprint density at radius 2 is 1.93 bits per heavy atom. The van der Waals surface area contributed by atoms with Crippen LogP contribution in [-0.4, -0.2) is 29.1 Å². The average Bonchev–Trinajstić information content (AvgIpc) is 2.73. The van der Waals surface area contributed by atoms with Crippen LogP contribution in [0.25, 0.3) is 0 Å². The molecule has 158 valence electrons. The fraction of sp³-hybridized carbons (Fsp3) is 0.391. The number of aryl methyl sites for hydroxylation is 1. The number of halogens is 1. The van der Waals surface area contributed by atoms with Crippen LogP contribution in [0.2, 0.25) is 5.02 Å². The smallest absolute Gasteiger partial charge is 0.258 e. The second-order valence-corrected chi connectivity index (χ2v) is 7.81. The summed E-state index contributed by atoms with van der Waals surface area (Å²) in [7, 11) is 0. The summed E-state index contributed by atoms with van der Waals surface area (Å²) in [6, 6.07) is 11.1. The number of rotatable bonds is 7. The number of aromatic nitrogens is 1. The number of allylic oxidation sites excluding steroid dienone is 1. The van der Waals surface area contributed by atoms with E-state index in [2.05, 4.69) is 24.8 Å². The molecule has 0 amide bonds. The molecule has 1 aliphatic rings. The minimum absolute atomic E-state index is 0.0306. The fourth-order valence-electron chi connectivity index (χ4n) is 3.94. The van der Waals surface area contributed by atoms with Gasteiger partial charge in [0.05, 0.1) is 11.5 Å². The van der Waals surface area contributed by atoms with Gasteiger partial charge >= 0.3 is 0 Å². The number of hydrogen-bond acceptors (Lipinski definition) is 5. The summed E-state index contributed by atoms with van der Waals surface area (Å²) in [5.41, 5.74) is 8.15. The van der Waals surface area contributed by atoms with Crippen LogP contribution in [0, 0.1) is 18.3 Å². The molecule has 0 saturated carbocycles. The van der Waals surface area contributed by atoms with Crippen molar-refractivity contribution in [3.8, 4) is 11.8 Å². The van der Waals surface area contributed by atoms with E-state index in [1.165, 1.54) is 0 Å². The van der Waals surface area contributed by atoms with Crippen molar-refractivity contribution in [2.45, 2.75) is 39.7 Å². The van der Waals surface area contributed by atoms with E-state index in [0.29, 0.717) is 22.9 Å². The van der Waals surface area contributed by atoms with Gasteiger partial charge in [-0.05, 0) is 50.7 Å². The molecule has 0 unspecified atom stereocenters. The summed E-state index contributed by atoms with van der Waals surface area (Å²) in [4.78, 5) is 15.9. The van der Waals surface area contributed by atoms with E-state index in [1.807, 2.05) is 25.1 Å². The molecule has 3 rings (SSSR count). The van der Waals surface area contributed by atoms with E-state index >= 15 is 0 Å². The van der Waals surface area contributed by atoms with E-state index in [4.69, 9.17) is 22.1 Å². The number of nitriles is 1. The van der Waals surface area contributed by atoms with Gasteiger partial charge in [0.15, 0.2) is 0 Å². The Hall–Kier alpha value is -2.75. The third-order valence-electron chi connectivity index (χ3n) is 5.64. The topological polar surface area (TPSA) is 84.3 Å². The SMILES string of the molecule is CCN(CC)CCCn1c(C)cc2c(c1=O)[C@@H](c1ccc(Cl)cc1)C(C#N)=C(N)O2. The lowest BCUT2D eigenvalue weighted by Crippen LogP contribution is -2.33. The van der Waals surface area contributed by atoms with Crippen LogP contribution in [-0.2, 0) is 6.54 Å². The third kappa shape index (κ3) is 4.23. The van der Waals surface area contributed by atoms with Crippen molar-refractivity contribution in [2.75, 3.05) is 19.6 Å². The molecule has 2 aromatic rings. The monoisotopic (exact) mass is 426 g/mol. The largest absolute Gasteiger partial charge is 0.440 e. The van der Waals surface area contributed by atoms with E-state index in [0.717, 1.165) is 37.3 Å². The van der Waals surface area contributed by atoms with Crippen molar-refractivity contribution in [2.24, 2.45) is 5.73 Å². The van der Waals surface area contributed by atoms with Gasteiger partial charge < -0.3 is 19.9 Å². The highest BCUT2D eigenvalue weighted by molar-refractivity contribution is 6.30. The van der Waals surface area contributed by atoms with Crippen molar-refractivity contribution < 1.29 is 4.74 Å². The van der Waals surface area contributed by atoms with Gasteiger partial charge in [-0.1, -0.05) is 37.6 Å². The molecule has 1 aromatic carbocycles. The minimum Gasteiger partial charge on any atom is -0.440 e. The van der Waals surface area contributed by atoms with Crippen LogP contribution < -0.4 is 16.0 Å². The van der Waals surface area contributed by atoms with Gasteiger partial charge in [-0.15, -0.1) is 0 Å². The zero-order chi connectivity index (χ0) is 21.8. The van der Waals surface area contributed by atoms with E-state index in [9.17, 15) is 10.1 Å². The highest BCUT2D eigenvalue weighted by Crippen LogP contribution is 2.40. The zero-order valence-electron chi connectivity index (χ0n) is 17.6. The maximum Gasteiger partial charge on any atom is 0.258 e. The van der Waals surface area contributed by atoms with Crippen LogP contribution >= 0.6 is 11.6 Å². The van der Waals surface area contributed by atoms with Crippen molar-refractivity contribution in [1.82, 2.24) is 9.47 Å². The summed E-state index contributed by atoms with van der Waals surface area (Å²) in [5.74, 6) is -0.143. The van der Waals surface area contributed by atoms with Crippen LogP contribution in [0.15, 0.2) is 46.6 Å². The lowest BCUT2D eigenvalue weighted by Gasteiger charge is -2.27. The van der Waals surface area contributed by atoms with E-state index in [-0.39, 0.29) is 17.0 Å². The number of benzene rings is 1. The molecule has 0 bridgehead atoms. The Morgan fingerprint density at radius 3 is 2.53 bits per heavy atom. The summed E-state index contributed by atoms with van der Waals surface area (Å²) in [6.07, 6.45) is 0.858. The lowest BCUT2D eigenvalue weighted by molar-refractivity contribution is 0.292. The van der Waals surface area contributed by atoms with Gasteiger partial charge in [0.1, 0.15) is 17.4 Å². The Kier molecular flexibility index (Phi) is 6.86. The lowest BCUT2D eigenvalue weighted by atomic mass is 9.84. The Labute approximate surface area is 182 Å². The van der Waals surface area contributed by atoms with Gasteiger partial charge in [0.2, 0.25) is 5.88 Å². The Bertz CT molecular complexity index is 1050. The first-order valence-electron chi connectivity index (χ1n) is 10.2. The fourth-order valence-corrected chi connectivity index (χ4v) is 4.07. The predicted molar refractivity (Wildman–Crippen MR) is 119 cm³/mol. The molecule has 0 aliphatic carbocycles. The molecule has 2 heterocycles. The summed E-state index contributed by atoms with van der Waals surface area (Å²) < 4.78 is 7.46. The van der Waals surface area contributed by atoms with Crippen LogP contribution in [0.1, 0.15) is 43.0 Å². The van der Waals surface area contributed by atoms with Crippen LogP contribution in [0.4, 0.5) is 0 Å². The number of hydrogen-bond donors (Lipinski definition) is 1. The summed E-state index contributed by atoms with van der Waals surface area (Å²) >= 11 is 6.04. The third-order valence-corrected chi connectivity index (χ3v) is 5.90. The molecule has 6 nitrogen and oxygen atoms in total. The normalized spacial score (nSPS) is 15.7. The van der Waals surface area contributed by atoms with Gasteiger partial charge in [-0.3, -0.25) is 4.79 Å². The zero-order valence-corrected chi connectivity index (χ0v) is 18.4. The van der Waals surface area contributed by atoms with Crippen molar-refractivity contribution in [3.63, 3.8) is 0 Å². The van der Waals surface area contributed by atoms with Crippen LogP contribution in [0.3, 0.4) is 0 Å². The van der Waals surface area contributed by atoms with Crippen LogP contribution in [0.5, 0.6) is 5.75 Å². The molecule has 0 saturated heterocycles. The second kappa shape index (κ2) is 9.38. The van der Waals surface area contributed by atoms with Gasteiger partial charge in [-0.2, -0.15) is 5.26 Å². The maximum absolute atomic E-state index is 13.5. The molecule has 1 aliphatic heterocycles. The van der Waals surface area contributed by atoms with Gasteiger partial charge in [0, 0.05) is 23.3 Å². The molecule has 0 radical (unpaired) electrons. The molecular weight excluding hydrogens is 400 g/mol. The van der Waals surface area contributed by atoms with Gasteiger partial charge in [0.25, 0.3) is 5.56 Å². The Morgan fingerprint density at radius 1 is 1.27 bits per heavy atom. The standard InChI is InChI=1S/C23H27ClN4O2/c1-4-27(5-2)11-6-12-28-15(3)13-19-21(23(28)29)20(18(14-25)22(26)30-19)16-7-9-17(24)10-8-16/h7-10,13,20H,4-6,11-12,26H2,1-3H3/t20-/m0/s1. The second-order valence-electron chi connectivity index (χ2n) is 7.38. The molecule has 1 aromatic heterocycles.